The van der Waals surface area contributed by atoms with Crippen molar-refractivity contribution in [3.63, 3.8) is 0 Å². The Hall–Kier alpha value is -1.81. The zero-order valence-electron chi connectivity index (χ0n) is 12.7. The van der Waals surface area contributed by atoms with Crippen LogP contribution in [0.2, 0.25) is 0 Å². The van der Waals surface area contributed by atoms with Crippen LogP contribution in [0.1, 0.15) is 36.7 Å². The predicted molar refractivity (Wildman–Crippen MR) is 81.1 cm³/mol. The van der Waals surface area contributed by atoms with E-state index in [1.54, 1.807) is 7.11 Å². The molecule has 1 aromatic heterocycles. The van der Waals surface area contributed by atoms with Crippen LogP contribution in [0.25, 0.3) is 0 Å². The minimum absolute atomic E-state index is 0.152. The largest absolute Gasteiger partial charge is 0.497 e. The summed E-state index contributed by atoms with van der Waals surface area (Å²) in [6.45, 7) is 5.16. The molecule has 0 aliphatic carbocycles. The van der Waals surface area contributed by atoms with Gasteiger partial charge in [0.1, 0.15) is 5.75 Å². The van der Waals surface area contributed by atoms with Crippen LogP contribution in [0.5, 0.6) is 5.75 Å². The first-order chi connectivity index (χ1) is 9.69. The van der Waals surface area contributed by atoms with Gasteiger partial charge in [-0.05, 0) is 30.7 Å². The van der Waals surface area contributed by atoms with Crippen molar-refractivity contribution in [1.29, 1.82) is 0 Å². The summed E-state index contributed by atoms with van der Waals surface area (Å²) >= 11 is 0. The highest BCUT2D eigenvalue weighted by molar-refractivity contribution is 5.37. The van der Waals surface area contributed by atoms with Gasteiger partial charge in [-0.3, -0.25) is 4.68 Å². The molecule has 108 valence electrons. The number of aromatic nitrogens is 2. The van der Waals surface area contributed by atoms with Gasteiger partial charge >= 0.3 is 0 Å². The number of hydrogen-bond donors (Lipinski definition) is 1. The van der Waals surface area contributed by atoms with Gasteiger partial charge in [0.15, 0.2) is 0 Å². The molecule has 2 aromatic rings. The number of rotatable bonds is 6. The molecule has 4 nitrogen and oxygen atoms in total. The Labute approximate surface area is 120 Å². The van der Waals surface area contributed by atoms with E-state index < -0.39 is 0 Å². The monoisotopic (exact) mass is 273 g/mol. The molecule has 1 unspecified atom stereocenters. The highest BCUT2D eigenvalue weighted by Gasteiger charge is 2.19. The van der Waals surface area contributed by atoms with Gasteiger partial charge in [0.2, 0.25) is 0 Å². The van der Waals surface area contributed by atoms with Crippen LogP contribution < -0.4 is 10.1 Å². The SMILES string of the molecule is CCNC(c1cccc(OC)c1)c1cn(C)nc1CC. The summed E-state index contributed by atoms with van der Waals surface area (Å²) in [5, 5.41) is 8.09. The van der Waals surface area contributed by atoms with E-state index in [2.05, 4.69) is 42.6 Å². The number of nitrogens with zero attached hydrogens (tertiary/aromatic N) is 2. The quantitative estimate of drug-likeness (QED) is 0.879. The second-order valence-electron chi connectivity index (χ2n) is 4.83. The highest BCUT2D eigenvalue weighted by Crippen LogP contribution is 2.27. The van der Waals surface area contributed by atoms with E-state index >= 15 is 0 Å². The van der Waals surface area contributed by atoms with Gasteiger partial charge in [-0.1, -0.05) is 26.0 Å². The summed E-state index contributed by atoms with van der Waals surface area (Å²) in [5.74, 6) is 0.882. The lowest BCUT2D eigenvalue weighted by molar-refractivity contribution is 0.413. The highest BCUT2D eigenvalue weighted by atomic mass is 16.5. The second-order valence-corrected chi connectivity index (χ2v) is 4.83. The molecule has 0 radical (unpaired) electrons. The van der Waals surface area contributed by atoms with Crippen molar-refractivity contribution < 1.29 is 4.74 Å². The fraction of sp³-hybridized carbons (Fsp3) is 0.438. The van der Waals surface area contributed by atoms with Crippen LogP contribution in [-0.2, 0) is 13.5 Å². The van der Waals surface area contributed by atoms with Crippen molar-refractivity contribution in [2.24, 2.45) is 7.05 Å². The maximum absolute atomic E-state index is 5.33. The Bertz CT molecular complexity index is 563. The minimum Gasteiger partial charge on any atom is -0.497 e. The van der Waals surface area contributed by atoms with Gasteiger partial charge in [0, 0.05) is 18.8 Å². The maximum atomic E-state index is 5.33. The van der Waals surface area contributed by atoms with Crippen molar-refractivity contribution in [1.82, 2.24) is 15.1 Å². The van der Waals surface area contributed by atoms with Crippen LogP contribution >= 0.6 is 0 Å². The summed E-state index contributed by atoms with van der Waals surface area (Å²) in [6.07, 6.45) is 3.04. The van der Waals surface area contributed by atoms with E-state index in [1.807, 2.05) is 23.9 Å². The lowest BCUT2D eigenvalue weighted by Gasteiger charge is -2.19. The molecule has 4 heteroatoms. The van der Waals surface area contributed by atoms with Gasteiger partial charge in [-0.25, -0.2) is 0 Å². The van der Waals surface area contributed by atoms with Crippen molar-refractivity contribution >= 4 is 0 Å². The van der Waals surface area contributed by atoms with Crippen LogP contribution in [0.15, 0.2) is 30.5 Å². The first kappa shape index (κ1) is 14.6. The number of methoxy groups -OCH3 is 1. The van der Waals surface area contributed by atoms with Crippen molar-refractivity contribution in [2.75, 3.05) is 13.7 Å². The third-order valence-corrected chi connectivity index (χ3v) is 3.42. The van der Waals surface area contributed by atoms with Gasteiger partial charge < -0.3 is 10.1 Å². The molecule has 0 bridgehead atoms. The van der Waals surface area contributed by atoms with E-state index in [1.165, 1.54) is 11.1 Å². The second kappa shape index (κ2) is 6.57. The van der Waals surface area contributed by atoms with Crippen LogP contribution in [-0.4, -0.2) is 23.4 Å². The Balaban J connectivity index is 2.43. The molecule has 1 N–H and O–H groups in total. The fourth-order valence-corrected chi connectivity index (χ4v) is 2.50. The number of benzene rings is 1. The summed E-state index contributed by atoms with van der Waals surface area (Å²) in [6, 6.07) is 8.36. The van der Waals surface area contributed by atoms with Gasteiger partial charge in [-0.2, -0.15) is 5.10 Å². The molecule has 20 heavy (non-hydrogen) atoms. The average Bonchev–Trinajstić information content (AvgIpc) is 2.85. The summed E-state index contributed by atoms with van der Waals surface area (Å²) < 4.78 is 7.22. The Morgan fingerprint density at radius 2 is 2.15 bits per heavy atom. The minimum atomic E-state index is 0.152. The fourth-order valence-electron chi connectivity index (χ4n) is 2.50. The number of nitrogens with one attached hydrogen (secondary N) is 1. The molecule has 0 aliphatic rings. The van der Waals surface area contributed by atoms with Crippen LogP contribution in [0.3, 0.4) is 0 Å². The molecule has 1 aromatic carbocycles. The van der Waals surface area contributed by atoms with E-state index in [-0.39, 0.29) is 6.04 Å². The molecule has 0 saturated carbocycles. The molecule has 2 rings (SSSR count). The third kappa shape index (κ3) is 3.02. The summed E-state index contributed by atoms with van der Waals surface area (Å²) in [7, 11) is 3.67. The van der Waals surface area contributed by atoms with E-state index in [0.29, 0.717) is 0 Å². The third-order valence-electron chi connectivity index (χ3n) is 3.42. The molecular weight excluding hydrogens is 250 g/mol. The van der Waals surface area contributed by atoms with Crippen LogP contribution in [0.4, 0.5) is 0 Å². The van der Waals surface area contributed by atoms with Gasteiger partial charge in [0.25, 0.3) is 0 Å². The zero-order chi connectivity index (χ0) is 14.5. The zero-order valence-corrected chi connectivity index (χ0v) is 12.7. The molecule has 1 atom stereocenters. The summed E-state index contributed by atoms with van der Waals surface area (Å²) in [4.78, 5) is 0. The molecule has 0 fully saturated rings. The first-order valence-corrected chi connectivity index (χ1v) is 7.09. The Morgan fingerprint density at radius 3 is 2.80 bits per heavy atom. The van der Waals surface area contributed by atoms with E-state index in [0.717, 1.165) is 24.4 Å². The number of aryl methyl sites for hydroxylation is 2. The summed E-state index contributed by atoms with van der Waals surface area (Å²) in [5.41, 5.74) is 3.58. The lowest BCUT2D eigenvalue weighted by Crippen LogP contribution is -2.22. The maximum Gasteiger partial charge on any atom is 0.119 e. The molecule has 0 saturated heterocycles. The normalized spacial score (nSPS) is 12.4. The van der Waals surface area contributed by atoms with Crippen molar-refractivity contribution in [3.8, 4) is 5.75 Å². The van der Waals surface area contributed by atoms with Crippen LogP contribution in [0, 0.1) is 0 Å². The molecule has 0 aliphatic heterocycles. The smallest absolute Gasteiger partial charge is 0.119 e. The number of hydrogen-bond acceptors (Lipinski definition) is 3. The van der Waals surface area contributed by atoms with Gasteiger partial charge in [-0.15, -0.1) is 0 Å². The molecule has 0 amide bonds. The predicted octanol–water partition coefficient (Wildman–Crippen LogP) is 2.69. The Kier molecular flexibility index (Phi) is 4.79. The van der Waals surface area contributed by atoms with E-state index in [9.17, 15) is 0 Å². The Morgan fingerprint density at radius 1 is 1.35 bits per heavy atom. The molecule has 0 spiro atoms. The topological polar surface area (TPSA) is 39.1 Å². The van der Waals surface area contributed by atoms with Gasteiger partial charge in [0.05, 0.1) is 18.8 Å². The van der Waals surface area contributed by atoms with Crippen molar-refractivity contribution in [2.45, 2.75) is 26.3 Å². The lowest BCUT2D eigenvalue weighted by atomic mass is 9.98. The van der Waals surface area contributed by atoms with E-state index in [4.69, 9.17) is 4.74 Å². The van der Waals surface area contributed by atoms with Crippen molar-refractivity contribution in [3.05, 3.63) is 47.3 Å². The first-order valence-electron chi connectivity index (χ1n) is 7.09. The number of ether oxygens (including phenoxy) is 1. The standard InChI is InChI=1S/C16H23N3O/c1-5-15-14(11-19(3)18-15)16(17-6-2)12-8-7-9-13(10-12)20-4/h7-11,16-17H,5-6H2,1-4H3. The molecular formula is C16H23N3O. The average molecular weight is 273 g/mol. The molecule has 1 heterocycles.